The van der Waals surface area contributed by atoms with E-state index < -0.39 is 5.91 Å². The number of rotatable bonds is 8. The molecular formula is C20H22N4O3. The molecule has 0 aliphatic carbocycles. The smallest absolute Gasteiger partial charge is 0.263 e. The maximum atomic E-state index is 12.2. The van der Waals surface area contributed by atoms with E-state index in [1.807, 2.05) is 43.3 Å². The Hall–Kier alpha value is -3.53. The summed E-state index contributed by atoms with van der Waals surface area (Å²) in [6, 6.07) is 11.2. The minimum atomic E-state index is -0.445. The number of pyridine rings is 1. The molecule has 0 saturated heterocycles. The van der Waals surface area contributed by atoms with E-state index in [0.717, 1.165) is 11.1 Å². The number of benzene rings is 1. The highest BCUT2D eigenvalue weighted by atomic mass is 16.5. The molecule has 1 aromatic heterocycles. The fourth-order valence-corrected chi connectivity index (χ4v) is 2.38. The Kier molecular flexibility index (Phi) is 7.20. The van der Waals surface area contributed by atoms with Crippen LogP contribution in [0.2, 0.25) is 0 Å². The minimum Gasteiger partial charge on any atom is -0.493 e. The number of nitrogens with zero attached hydrogens (tertiary/aromatic N) is 2. The van der Waals surface area contributed by atoms with Crippen LogP contribution in [0.3, 0.4) is 0 Å². The third kappa shape index (κ3) is 5.47. The molecule has 0 fully saturated rings. The zero-order chi connectivity index (χ0) is 19.6. The SMILES string of the molecule is COc1ccc(CCNC(=O)/C(C#N)=C\Nc2ncccc2C)cc1OC. The summed E-state index contributed by atoms with van der Waals surface area (Å²) in [6.45, 7) is 2.27. The van der Waals surface area contributed by atoms with Gasteiger partial charge in [0.2, 0.25) is 0 Å². The largest absolute Gasteiger partial charge is 0.493 e. The molecule has 0 saturated carbocycles. The molecule has 7 nitrogen and oxygen atoms in total. The molecule has 0 bridgehead atoms. The lowest BCUT2D eigenvalue weighted by molar-refractivity contribution is -0.117. The Balaban J connectivity index is 1.93. The second kappa shape index (κ2) is 9.82. The number of hydrogen-bond donors (Lipinski definition) is 2. The summed E-state index contributed by atoms with van der Waals surface area (Å²) in [7, 11) is 3.15. The van der Waals surface area contributed by atoms with Crippen molar-refractivity contribution in [3.63, 3.8) is 0 Å². The normalized spacial score (nSPS) is 10.7. The highest BCUT2D eigenvalue weighted by molar-refractivity contribution is 5.97. The molecule has 140 valence electrons. The summed E-state index contributed by atoms with van der Waals surface area (Å²) in [5, 5.41) is 14.8. The first-order valence-electron chi connectivity index (χ1n) is 8.36. The number of hydrogen-bond acceptors (Lipinski definition) is 6. The number of anilines is 1. The predicted molar refractivity (Wildman–Crippen MR) is 103 cm³/mol. The van der Waals surface area contributed by atoms with Gasteiger partial charge in [0.1, 0.15) is 17.5 Å². The Morgan fingerprint density at radius 2 is 2.04 bits per heavy atom. The molecule has 0 radical (unpaired) electrons. The van der Waals surface area contributed by atoms with E-state index in [9.17, 15) is 10.1 Å². The molecule has 0 unspecified atom stereocenters. The van der Waals surface area contributed by atoms with Crippen molar-refractivity contribution in [3.05, 3.63) is 59.4 Å². The van der Waals surface area contributed by atoms with E-state index >= 15 is 0 Å². The first-order chi connectivity index (χ1) is 13.1. The Labute approximate surface area is 158 Å². The van der Waals surface area contributed by atoms with Crippen LogP contribution in [-0.2, 0) is 11.2 Å². The molecule has 0 aliphatic heterocycles. The van der Waals surface area contributed by atoms with Gasteiger partial charge in [-0.3, -0.25) is 4.79 Å². The third-order valence-corrected chi connectivity index (χ3v) is 3.87. The zero-order valence-electron chi connectivity index (χ0n) is 15.6. The number of aryl methyl sites for hydroxylation is 1. The van der Waals surface area contributed by atoms with Crippen molar-refractivity contribution in [3.8, 4) is 17.6 Å². The molecule has 1 amide bonds. The summed E-state index contributed by atoms with van der Waals surface area (Å²) < 4.78 is 10.5. The lowest BCUT2D eigenvalue weighted by Crippen LogP contribution is -2.27. The molecule has 0 spiro atoms. The molecule has 1 heterocycles. The van der Waals surface area contributed by atoms with Crippen LogP contribution >= 0.6 is 0 Å². The summed E-state index contributed by atoms with van der Waals surface area (Å²) in [6.07, 6.45) is 3.59. The van der Waals surface area contributed by atoms with Crippen molar-refractivity contribution >= 4 is 11.7 Å². The van der Waals surface area contributed by atoms with Gasteiger partial charge in [0.05, 0.1) is 14.2 Å². The van der Waals surface area contributed by atoms with E-state index in [-0.39, 0.29) is 5.57 Å². The molecule has 0 atom stereocenters. The van der Waals surface area contributed by atoms with E-state index in [2.05, 4.69) is 15.6 Å². The number of methoxy groups -OCH3 is 2. The van der Waals surface area contributed by atoms with Crippen LogP contribution in [0.5, 0.6) is 11.5 Å². The lowest BCUT2D eigenvalue weighted by atomic mass is 10.1. The van der Waals surface area contributed by atoms with Gasteiger partial charge in [0.15, 0.2) is 11.5 Å². The summed E-state index contributed by atoms with van der Waals surface area (Å²) in [5.74, 6) is 1.44. The van der Waals surface area contributed by atoms with Crippen molar-refractivity contribution < 1.29 is 14.3 Å². The number of aromatic nitrogens is 1. The first kappa shape index (κ1) is 19.8. The van der Waals surface area contributed by atoms with Crippen LogP contribution in [0.25, 0.3) is 0 Å². The van der Waals surface area contributed by atoms with Crippen LogP contribution in [-0.4, -0.2) is 31.7 Å². The molecule has 1 aromatic carbocycles. The summed E-state index contributed by atoms with van der Waals surface area (Å²) in [5.41, 5.74) is 1.88. The molecule has 7 heteroatoms. The van der Waals surface area contributed by atoms with Crippen LogP contribution in [0.4, 0.5) is 5.82 Å². The van der Waals surface area contributed by atoms with Crippen LogP contribution in [0, 0.1) is 18.3 Å². The number of nitriles is 1. The van der Waals surface area contributed by atoms with Crippen molar-refractivity contribution in [1.29, 1.82) is 5.26 Å². The summed E-state index contributed by atoms with van der Waals surface area (Å²) >= 11 is 0. The fraction of sp³-hybridized carbons (Fsp3) is 0.250. The Bertz CT molecular complexity index is 872. The molecular weight excluding hydrogens is 344 g/mol. The molecule has 2 aromatic rings. The maximum Gasteiger partial charge on any atom is 0.263 e. The average Bonchev–Trinajstić information content (AvgIpc) is 2.69. The molecule has 2 rings (SSSR count). The number of ether oxygens (including phenoxy) is 2. The van der Waals surface area contributed by atoms with Crippen LogP contribution in [0.1, 0.15) is 11.1 Å². The topological polar surface area (TPSA) is 96.3 Å². The fourth-order valence-electron chi connectivity index (χ4n) is 2.38. The molecule has 27 heavy (non-hydrogen) atoms. The number of nitrogens with one attached hydrogen (secondary N) is 2. The van der Waals surface area contributed by atoms with Gasteiger partial charge in [0, 0.05) is 18.9 Å². The Morgan fingerprint density at radius 3 is 2.70 bits per heavy atom. The second-order valence-electron chi connectivity index (χ2n) is 5.68. The van der Waals surface area contributed by atoms with Gasteiger partial charge in [-0.25, -0.2) is 4.98 Å². The minimum absolute atomic E-state index is 0.0210. The van der Waals surface area contributed by atoms with Gasteiger partial charge in [-0.2, -0.15) is 5.26 Å². The Morgan fingerprint density at radius 1 is 1.26 bits per heavy atom. The lowest BCUT2D eigenvalue weighted by Gasteiger charge is -2.10. The van der Waals surface area contributed by atoms with E-state index in [1.54, 1.807) is 20.4 Å². The second-order valence-corrected chi connectivity index (χ2v) is 5.68. The van der Waals surface area contributed by atoms with Crippen molar-refractivity contribution in [2.75, 3.05) is 26.1 Å². The number of amides is 1. The van der Waals surface area contributed by atoms with Gasteiger partial charge in [0.25, 0.3) is 5.91 Å². The monoisotopic (exact) mass is 366 g/mol. The van der Waals surface area contributed by atoms with Crippen LogP contribution < -0.4 is 20.1 Å². The van der Waals surface area contributed by atoms with Gasteiger partial charge in [-0.15, -0.1) is 0 Å². The van der Waals surface area contributed by atoms with Crippen LogP contribution in [0.15, 0.2) is 48.3 Å². The van der Waals surface area contributed by atoms with Gasteiger partial charge in [-0.05, 0) is 42.7 Å². The van der Waals surface area contributed by atoms with E-state index in [0.29, 0.717) is 30.3 Å². The zero-order valence-corrected chi connectivity index (χ0v) is 15.6. The third-order valence-electron chi connectivity index (χ3n) is 3.87. The van der Waals surface area contributed by atoms with Crippen molar-refractivity contribution in [1.82, 2.24) is 10.3 Å². The first-order valence-corrected chi connectivity index (χ1v) is 8.36. The van der Waals surface area contributed by atoms with Crippen molar-refractivity contribution in [2.45, 2.75) is 13.3 Å². The van der Waals surface area contributed by atoms with Gasteiger partial charge >= 0.3 is 0 Å². The van der Waals surface area contributed by atoms with E-state index in [1.165, 1.54) is 6.20 Å². The van der Waals surface area contributed by atoms with Gasteiger partial charge < -0.3 is 20.1 Å². The van der Waals surface area contributed by atoms with Crippen molar-refractivity contribution in [2.24, 2.45) is 0 Å². The van der Waals surface area contributed by atoms with E-state index in [4.69, 9.17) is 9.47 Å². The average molecular weight is 366 g/mol. The number of carbonyl (C=O) groups is 1. The molecule has 0 aliphatic rings. The highest BCUT2D eigenvalue weighted by Crippen LogP contribution is 2.27. The highest BCUT2D eigenvalue weighted by Gasteiger charge is 2.09. The van der Waals surface area contributed by atoms with Gasteiger partial charge in [-0.1, -0.05) is 12.1 Å². The quantitative estimate of drug-likeness (QED) is 0.551. The molecule has 2 N–H and O–H groups in total. The summed E-state index contributed by atoms with van der Waals surface area (Å²) in [4.78, 5) is 16.3. The number of carbonyl (C=O) groups excluding carboxylic acids is 1. The maximum absolute atomic E-state index is 12.2. The standard InChI is InChI=1S/C20H22N4O3/c1-14-5-4-9-22-19(14)24-13-16(12-21)20(25)23-10-8-15-6-7-17(26-2)18(11-15)27-3/h4-7,9,11,13H,8,10H2,1-3H3,(H,22,24)(H,23,25)/b16-13-. The predicted octanol–water partition coefficient (Wildman–Crippen LogP) is 2.59.